The van der Waals surface area contributed by atoms with Gasteiger partial charge >= 0.3 is 0 Å². The lowest BCUT2D eigenvalue weighted by Gasteiger charge is -2.01. The lowest BCUT2D eigenvalue weighted by atomic mass is 10.0. The highest BCUT2D eigenvalue weighted by Gasteiger charge is 1.93. The van der Waals surface area contributed by atoms with Crippen LogP contribution in [-0.4, -0.2) is 6.41 Å². The van der Waals surface area contributed by atoms with Gasteiger partial charge in [0.15, 0.2) is 0 Å². The predicted molar refractivity (Wildman–Crippen MR) is 50.8 cm³/mol. The Hall–Kier alpha value is -1.31. The number of carbonyl (C=O) groups is 1. The molecule has 2 heteroatoms. The van der Waals surface area contributed by atoms with Gasteiger partial charge < -0.3 is 5.73 Å². The molecule has 0 aliphatic heterocycles. The van der Waals surface area contributed by atoms with Crippen molar-refractivity contribution in [3.05, 3.63) is 35.9 Å². The van der Waals surface area contributed by atoms with Crippen LogP contribution in [0.4, 0.5) is 0 Å². The highest BCUT2D eigenvalue weighted by molar-refractivity contribution is 5.42. The molecule has 12 heavy (non-hydrogen) atoms. The lowest BCUT2D eigenvalue weighted by Crippen LogP contribution is -1.83. The van der Waals surface area contributed by atoms with Crippen molar-refractivity contribution in [1.82, 2.24) is 0 Å². The van der Waals surface area contributed by atoms with Gasteiger partial charge in [-0.1, -0.05) is 44.2 Å². The maximum Gasteiger partial charge on any atom is 0.204 e. The molecule has 1 aromatic carbocycles. The average molecular weight is 165 g/mol. The molecule has 0 aromatic heterocycles. The number of nitrogens with two attached hydrogens (primary N) is 1. The Morgan fingerprint density at radius 3 is 1.92 bits per heavy atom. The second-order valence-corrected chi connectivity index (χ2v) is 2.70. The van der Waals surface area contributed by atoms with Crippen molar-refractivity contribution < 1.29 is 4.79 Å². The first-order chi connectivity index (χ1) is 5.72. The van der Waals surface area contributed by atoms with E-state index in [1.54, 1.807) is 0 Å². The fourth-order valence-electron chi connectivity index (χ4n) is 0.838. The molecule has 0 heterocycles. The second kappa shape index (κ2) is 6.40. The Morgan fingerprint density at radius 2 is 1.67 bits per heavy atom. The maximum atomic E-state index is 8.58. The van der Waals surface area contributed by atoms with Crippen molar-refractivity contribution in [3.8, 4) is 0 Å². The Morgan fingerprint density at radius 1 is 1.25 bits per heavy atom. The van der Waals surface area contributed by atoms with E-state index in [1.165, 1.54) is 5.56 Å². The summed E-state index contributed by atoms with van der Waals surface area (Å²) in [5.74, 6) is 0.659. The maximum absolute atomic E-state index is 8.58. The van der Waals surface area contributed by atoms with Crippen LogP contribution in [0.3, 0.4) is 0 Å². The van der Waals surface area contributed by atoms with Crippen LogP contribution in [0.5, 0.6) is 0 Å². The van der Waals surface area contributed by atoms with Crippen LogP contribution in [0.2, 0.25) is 0 Å². The molecule has 0 radical (unpaired) electrons. The molecule has 0 aliphatic carbocycles. The Kier molecular flexibility index (Phi) is 5.70. The van der Waals surface area contributed by atoms with Gasteiger partial charge in [-0.05, 0) is 11.5 Å². The predicted octanol–water partition coefficient (Wildman–Crippen LogP) is 1.91. The smallest absolute Gasteiger partial charge is 0.204 e. The van der Waals surface area contributed by atoms with Crippen LogP contribution in [0.25, 0.3) is 0 Å². The lowest BCUT2D eigenvalue weighted by molar-refractivity contribution is -0.106. The van der Waals surface area contributed by atoms with Crippen LogP contribution in [0.15, 0.2) is 30.3 Å². The summed E-state index contributed by atoms with van der Waals surface area (Å²) >= 11 is 0. The first-order valence-corrected chi connectivity index (χ1v) is 3.92. The molecule has 1 rings (SSSR count). The summed E-state index contributed by atoms with van der Waals surface area (Å²) in [7, 11) is 0. The quantitative estimate of drug-likeness (QED) is 0.635. The molecule has 0 spiro atoms. The van der Waals surface area contributed by atoms with Crippen LogP contribution in [-0.2, 0) is 4.79 Å². The van der Waals surface area contributed by atoms with E-state index in [1.807, 2.05) is 6.07 Å². The summed E-state index contributed by atoms with van der Waals surface area (Å²) in [5, 5.41) is 0. The van der Waals surface area contributed by atoms with Gasteiger partial charge in [0, 0.05) is 0 Å². The number of rotatable bonds is 1. The van der Waals surface area contributed by atoms with E-state index < -0.39 is 0 Å². The van der Waals surface area contributed by atoms with Gasteiger partial charge in [-0.3, -0.25) is 4.79 Å². The summed E-state index contributed by atoms with van der Waals surface area (Å²) in [6.07, 6.45) is 0.250. The molecule has 2 nitrogen and oxygen atoms in total. The van der Waals surface area contributed by atoms with Crippen LogP contribution >= 0.6 is 0 Å². The first kappa shape index (κ1) is 10.7. The summed E-state index contributed by atoms with van der Waals surface area (Å²) in [6, 6.07) is 10.5. The molecular weight excluding hydrogens is 150 g/mol. The molecule has 0 unspecified atom stereocenters. The number of hydrogen-bond donors (Lipinski definition) is 1. The van der Waals surface area contributed by atoms with E-state index in [9.17, 15) is 0 Å². The molecule has 0 atom stereocenters. The molecule has 1 aromatic rings. The molecule has 0 bridgehead atoms. The van der Waals surface area contributed by atoms with Gasteiger partial charge in [0.05, 0.1) is 0 Å². The number of hydrogen-bond acceptors (Lipinski definition) is 1. The average Bonchev–Trinajstić information content (AvgIpc) is 2.07. The van der Waals surface area contributed by atoms with E-state index in [-0.39, 0.29) is 6.41 Å². The largest absolute Gasteiger partial charge is 0.372 e. The fraction of sp³-hybridized carbons (Fsp3) is 0.300. The number of amides is 1. The highest BCUT2D eigenvalue weighted by atomic mass is 16.1. The molecular formula is C10H15NO. The topological polar surface area (TPSA) is 43.1 Å². The van der Waals surface area contributed by atoms with E-state index in [2.05, 4.69) is 43.8 Å². The third-order valence-electron chi connectivity index (χ3n) is 1.47. The Balaban J connectivity index is 0.000000354. The summed E-state index contributed by atoms with van der Waals surface area (Å²) in [4.78, 5) is 8.58. The number of carbonyl (C=O) groups excluding carboxylic acids is 1. The molecule has 1 amide bonds. The van der Waals surface area contributed by atoms with Crippen LogP contribution < -0.4 is 5.73 Å². The zero-order valence-electron chi connectivity index (χ0n) is 7.53. The zero-order valence-corrected chi connectivity index (χ0v) is 7.53. The molecule has 66 valence electrons. The normalized spacial score (nSPS) is 8.58. The van der Waals surface area contributed by atoms with E-state index >= 15 is 0 Å². The minimum Gasteiger partial charge on any atom is -0.372 e. The SMILES string of the molecule is CC(C)c1ccccc1.NC=O. The highest BCUT2D eigenvalue weighted by Crippen LogP contribution is 2.11. The van der Waals surface area contributed by atoms with Gasteiger partial charge in [-0.15, -0.1) is 0 Å². The zero-order chi connectivity index (χ0) is 9.40. The second-order valence-electron chi connectivity index (χ2n) is 2.70. The minimum absolute atomic E-state index is 0.250. The molecule has 0 fully saturated rings. The number of primary amides is 1. The molecule has 0 aliphatic rings. The van der Waals surface area contributed by atoms with Crippen molar-refractivity contribution in [2.45, 2.75) is 19.8 Å². The third kappa shape index (κ3) is 4.50. The van der Waals surface area contributed by atoms with Crippen LogP contribution in [0.1, 0.15) is 25.3 Å². The summed E-state index contributed by atoms with van der Waals surface area (Å²) in [5.41, 5.74) is 5.58. The van der Waals surface area contributed by atoms with Crippen molar-refractivity contribution in [1.29, 1.82) is 0 Å². The van der Waals surface area contributed by atoms with E-state index in [0.717, 1.165) is 0 Å². The van der Waals surface area contributed by atoms with E-state index in [0.29, 0.717) is 5.92 Å². The Bertz CT molecular complexity index is 206. The molecule has 0 saturated heterocycles. The first-order valence-electron chi connectivity index (χ1n) is 3.92. The van der Waals surface area contributed by atoms with E-state index in [4.69, 9.17) is 4.79 Å². The van der Waals surface area contributed by atoms with Gasteiger partial charge in [0.25, 0.3) is 0 Å². The van der Waals surface area contributed by atoms with Gasteiger partial charge in [0.1, 0.15) is 0 Å². The summed E-state index contributed by atoms with van der Waals surface area (Å²) in [6.45, 7) is 4.41. The monoisotopic (exact) mass is 165 g/mol. The van der Waals surface area contributed by atoms with Crippen molar-refractivity contribution >= 4 is 6.41 Å². The standard InChI is InChI=1S/C9H12.CH3NO/c1-8(2)9-6-4-3-5-7-9;2-1-3/h3-8H,1-2H3;1H,(H2,2,3). The Labute approximate surface area is 73.4 Å². The molecule has 0 saturated carbocycles. The fourth-order valence-corrected chi connectivity index (χ4v) is 0.838. The minimum atomic E-state index is 0.250. The number of benzene rings is 1. The van der Waals surface area contributed by atoms with Crippen LogP contribution in [0, 0.1) is 0 Å². The molecule has 2 N–H and O–H groups in total. The van der Waals surface area contributed by atoms with Crippen molar-refractivity contribution in [3.63, 3.8) is 0 Å². The van der Waals surface area contributed by atoms with Gasteiger partial charge in [-0.2, -0.15) is 0 Å². The van der Waals surface area contributed by atoms with Crippen molar-refractivity contribution in [2.24, 2.45) is 5.73 Å². The van der Waals surface area contributed by atoms with Crippen molar-refractivity contribution in [2.75, 3.05) is 0 Å². The van der Waals surface area contributed by atoms with Gasteiger partial charge in [-0.25, -0.2) is 0 Å². The summed E-state index contributed by atoms with van der Waals surface area (Å²) < 4.78 is 0. The third-order valence-corrected chi connectivity index (χ3v) is 1.47. The van der Waals surface area contributed by atoms with Gasteiger partial charge in [0.2, 0.25) is 6.41 Å².